The minimum Gasteiger partial charge on any atom is -0.462 e. The molecule has 1 heterocycles. The standard InChI is InChI=1S/C13H14BrN3O2/c1-3-19-13(18)10-6-16-11-7(2)4-8(14)5-9(11)12(10)17-15/h4-6H,3,15H2,1-2H3,(H,16,17). The molecule has 0 radical (unpaired) electrons. The van der Waals surface area contributed by atoms with E-state index in [0.717, 1.165) is 20.9 Å². The number of fused-ring (bicyclic) bond motifs is 1. The molecule has 2 rings (SSSR count). The van der Waals surface area contributed by atoms with Gasteiger partial charge in [-0.3, -0.25) is 10.8 Å². The Bertz CT molecular complexity index is 643. The number of rotatable bonds is 3. The number of carbonyl (C=O) groups is 1. The van der Waals surface area contributed by atoms with Crippen molar-refractivity contribution in [3.63, 3.8) is 0 Å². The summed E-state index contributed by atoms with van der Waals surface area (Å²) in [5.74, 6) is 5.11. The van der Waals surface area contributed by atoms with Crippen molar-refractivity contribution in [1.82, 2.24) is 4.98 Å². The first-order valence-corrected chi connectivity index (χ1v) is 6.60. The molecule has 0 amide bonds. The van der Waals surface area contributed by atoms with Crippen LogP contribution in [0.3, 0.4) is 0 Å². The van der Waals surface area contributed by atoms with E-state index < -0.39 is 5.97 Å². The number of hydrogen-bond donors (Lipinski definition) is 2. The minimum absolute atomic E-state index is 0.304. The van der Waals surface area contributed by atoms with E-state index in [1.807, 2.05) is 19.1 Å². The molecule has 0 aliphatic rings. The van der Waals surface area contributed by atoms with E-state index in [1.54, 1.807) is 6.92 Å². The van der Waals surface area contributed by atoms with Gasteiger partial charge in [-0.25, -0.2) is 4.79 Å². The van der Waals surface area contributed by atoms with E-state index in [-0.39, 0.29) is 0 Å². The van der Waals surface area contributed by atoms with Crippen LogP contribution in [0.2, 0.25) is 0 Å². The van der Waals surface area contributed by atoms with Crippen LogP contribution in [0.5, 0.6) is 0 Å². The first kappa shape index (κ1) is 13.8. The summed E-state index contributed by atoms with van der Waals surface area (Å²) < 4.78 is 5.89. The normalized spacial score (nSPS) is 10.5. The lowest BCUT2D eigenvalue weighted by Crippen LogP contribution is -2.15. The number of nitrogen functional groups attached to an aromatic ring is 1. The molecule has 1 aromatic heterocycles. The SMILES string of the molecule is CCOC(=O)c1cnc2c(C)cc(Br)cc2c1NN. The third-order valence-corrected chi connectivity index (χ3v) is 3.22. The Morgan fingerprint density at radius 3 is 2.89 bits per heavy atom. The molecule has 1 aromatic carbocycles. The molecule has 19 heavy (non-hydrogen) atoms. The molecule has 3 N–H and O–H groups in total. The van der Waals surface area contributed by atoms with Gasteiger partial charge in [0.05, 0.1) is 17.8 Å². The van der Waals surface area contributed by atoms with Gasteiger partial charge in [0, 0.05) is 16.1 Å². The Hall–Kier alpha value is -1.66. The topological polar surface area (TPSA) is 77.2 Å². The molecule has 0 aliphatic carbocycles. The van der Waals surface area contributed by atoms with E-state index in [9.17, 15) is 4.79 Å². The Morgan fingerprint density at radius 2 is 2.26 bits per heavy atom. The van der Waals surface area contributed by atoms with Crippen LogP contribution in [0.1, 0.15) is 22.8 Å². The summed E-state index contributed by atoms with van der Waals surface area (Å²) in [5.41, 5.74) is 5.21. The number of esters is 1. The number of aryl methyl sites for hydroxylation is 1. The van der Waals surface area contributed by atoms with Crippen molar-refractivity contribution < 1.29 is 9.53 Å². The summed E-state index contributed by atoms with van der Waals surface area (Å²) in [7, 11) is 0. The van der Waals surface area contributed by atoms with E-state index in [0.29, 0.717) is 17.9 Å². The maximum Gasteiger partial charge on any atom is 0.341 e. The molecular weight excluding hydrogens is 310 g/mol. The van der Waals surface area contributed by atoms with Gasteiger partial charge in [-0.15, -0.1) is 0 Å². The van der Waals surface area contributed by atoms with Gasteiger partial charge in [0.25, 0.3) is 0 Å². The number of ether oxygens (including phenoxy) is 1. The molecule has 0 aliphatic heterocycles. The molecule has 0 fully saturated rings. The first-order chi connectivity index (χ1) is 9.08. The maximum atomic E-state index is 11.9. The predicted molar refractivity (Wildman–Crippen MR) is 77.9 cm³/mol. The summed E-state index contributed by atoms with van der Waals surface area (Å²) in [6.07, 6.45) is 1.48. The number of hydrazine groups is 1. The van der Waals surface area contributed by atoms with Crippen LogP contribution in [0.15, 0.2) is 22.8 Å². The summed E-state index contributed by atoms with van der Waals surface area (Å²) in [4.78, 5) is 16.2. The van der Waals surface area contributed by atoms with Crippen molar-refractivity contribution in [2.24, 2.45) is 5.84 Å². The zero-order valence-electron chi connectivity index (χ0n) is 10.7. The molecule has 6 heteroatoms. The second kappa shape index (κ2) is 5.54. The lowest BCUT2D eigenvalue weighted by Gasteiger charge is -2.12. The smallest absolute Gasteiger partial charge is 0.341 e. The van der Waals surface area contributed by atoms with Crippen molar-refractivity contribution in [3.05, 3.63) is 33.9 Å². The molecule has 0 unspecified atom stereocenters. The fourth-order valence-electron chi connectivity index (χ4n) is 1.96. The third-order valence-electron chi connectivity index (χ3n) is 2.77. The number of nitrogens with one attached hydrogen (secondary N) is 1. The van der Waals surface area contributed by atoms with Gasteiger partial charge >= 0.3 is 5.97 Å². The molecule has 5 nitrogen and oxygen atoms in total. The third kappa shape index (κ3) is 2.54. The van der Waals surface area contributed by atoms with E-state index in [4.69, 9.17) is 10.6 Å². The summed E-state index contributed by atoms with van der Waals surface area (Å²) >= 11 is 3.43. The summed E-state index contributed by atoms with van der Waals surface area (Å²) in [6.45, 7) is 4.01. The number of aromatic nitrogens is 1. The Balaban J connectivity index is 2.72. The maximum absolute atomic E-state index is 11.9. The van der Waals surface area contributed by atoms with Crippen LogP contribution in [-0.4, -0.2) is 17.6 Å². The van der Waals surface area contributed by atoms with Crippen molar-refractivity contribution in [2.45, 2.75) is 13.8 Å². The first-order valence-electron chi connectivity index (χ1n) is 5.81. The zero-order chi connectivity index (χ0) is 14.0. The predicted octanol–water partition coefficient (Wildman–Crippen LogP) is 2.77. The van der Waals surface area contributed by atoms with Crippen LogP contribution in [0.25, 0.3) is 10.9 Å². The number of pyridine rings is 1. The van der Waals surface area contributed by atoms with E-state index in [2.05, 4.69) is 26.3 Å². The quantitative estimate of drug-likeness (QED) is 0.516. The highest BCUT2D eigenvalue weighted by molar-refractivity contribution is 9.10. The minimum atomic E-state index is -0.442. The van der Waals surface area contributed by atoms with Crippen molar-refractivity contribution in [1.29, 1.82) is 0 Å². The number of nitrogens with zero attached hydrogens (tertiary/aromatic N) is 1. The largest absolute Gasteiger partial charge is 0.462 e. The monoisotopic (exact) mass is 323 g/mol. The van der Waals surface area contributed by atoms with Crippen LogP contribution < -0.4 is 11.3 Å². The number of nitrogens with two attached hydrogens (primary N) is 1. The Morgan fingerprint density at radius 1 is 1.53 bits per heavy atom. The van der Waals surface area contributed by atoms with Gasteiger partial charge in [0.1, 0.15) is 5.56 Å². The van der Waals surface area contributed by atoms with Crippen molar-refractivity contribution in [3.8, 4) is 0 Å². The highest BCUT2D eigenvalue weighted by atomic mass is 79.9. The van der Waals surface area contributed by atoms with Gasteiger partial charge in [0.15, 0.2) is 0 Å². The van der Waals surface area contributed by atoms with Gasteiger partial charge in [-0.05, 0) is 31.5 Å². The van der Waals surface area contributed by atoms with Gasteiger partial charge in [-0.2, -0.15) is 0 Å². The molecule has 2 aromatic rings. The Kier molecular flexibility index (Phi) is 4.01. The fraction of sp³-hybridized carbons (Fsp3) is 0.231. The molecule has 0 spiro atoms. The van der Waals surface area contributed by atoms with Gasteiger partial charge in [0.2, 0.25) is 0 Å². The lowest BCUT2D eigenvalue weighted by atomic mass is 10.1. The number of hydrogen-bond acceptors (Lipinski definition) is 5. The average molecular weight is 324 g/mol. The van der Waals surface area contributed by atoms with Gasteiger partial charge < -0.3 is 10.2 Å². The van der Waals surface area contributed by atoms with Crippen LogP contribution in [0, 0.1) is 6.92 Å². The van der Waals surface area contributed by atoms with Crippen LogP contribution in [-0.2, 0) is 4.74 Å². The second-order valence-electron chi connectivity index (χ2n) is 4.03. The molecule has 0 atom stereocenters. The highest BCUT2D eigenvalue weighted by Crippen LogP contribution is 2.30. The molecule has 100 valence electrons. The number of halogens is 1. The zero-order valence-corrected chi connectivity index (χ0v) is 12.2. The van der Waals surface area contributed by atoms with E-state index >= 15 is 0 Å². The molecular formula is C13H14BrN3O2. The summed E-state index contributed by atoms with van der Waals surface area (Å²) in [5, 5.41) is 0.778. The fourth-order valence-corrected chi connectivity index (χ4v) is 2.53. The number of anilines is 1. The van der Waals surface area contributed by atoms with Crippen LogP contribution in [0.4, 0.5) is 5.69 Å². The van der Waals surface area contributed by atoms with Crippen LogP contribution >= 0.6 is 15.9 Å². The Labute approximate surface area is 119 Å². The van der Waals surface area contributed by atoms with E-state index in [1.165, 1.54) is 6.20 Å². The molecule has 0 saturated carbocycles. The molecule has 0 saturated heterocycles. The average Bonchev–Trinajstić information content (AvgIpc) is 2.37. The van der Waals surface area contributed by atoms with Gasteiger partial charge in [-0.1, -0.05) is 15.9 Å². The lowest BCUT2D eigenvalue weighted by molar-refractivity contribution is 0.0527. The second-order valence-corrected chi connectivity index (χ2v) is 4.95. The highest BCUT2D eigenvalue weighted by Gasteiger charge is 2.17. The molecule has 0 bridgehead atoms. The number of benzene rings is 1. The van der Waals surface area contributed by atoms with Crippen molar-refractivity contribution >= 4 is 38.5 Å². The van der Waals surface area contributed by atoms with Crippen molar-refractivity contribution in [2.75, 3.05) is 12.0 Å². The summed E-state index contributed by atoms with van der Waals surface area (Å²) in [6, 6.07) is 3.83. The number of carbonyl (C=O) groups excluding carboxylic acids is 1.